The molecule has 2 rings (SSSR count). The number of aromatic amines is 1. The number of Topliss-reactive ketones (excluding diaryl/α,β-unsaturated/α-hetero) is 1. The maximum atomic E-state index is 13.0. The van der Waals surface area contributed by atoms with Crippen molar-refractivity contribution in [2.45, 2.75) is 60.0 Å². The highest BCUT2D eigenvalue weighted by molar-refractivity contribution is 6.04. The summed E-state index contributed by atoms with van der Waals surface area (Å²) in [5, 5.41) is 0. The molecule has 1 aliphatic heterocycles. The number of esters is 1. The van der Waals surface area contributed by atoms with Crippen LogP contribution in [-0.2, 0) is 14.3 Å². The predicted octanol–water partition coefficient (Wildman–Crippen LogP) is 3.04. The molecule has 7 nitrogen and oxygen atoms in total. The fraction of sp³-hybridized carbons (Fsp3) is 0.667. The third-order valence-electron chi connectivity index (χ3n) is 4.91. The predicted molar refractivity (Wildman–Crippen MR) is 106 cm³/mol. The molecule has 1 aliphatic rings. The van der Waals surface area contributed by atoms with Crippen molar-refractivity contribution in [3.8, 4) is 0 Å². The average Bonchev–Trinajstić information content (AvgIpc) is 3.21. The van der Waals surface area contributed by atoms with Crippen LogP contribution in [0.15, 0.2) is 0 Å². The van der Waals surface area contributed by atoms with Crippen LogP contribution in [0.25, 0.3) is 0 Å². The molecule has 7 heteroatoms. The fourth-order valence-electron chi connectivity index (χ4n) is 3.60. The Morgan fingerprint density at radius 3 is 2.57 bits per heavy atom. The summed E-state index contributed by atoms with van der Waals surface area (Å²) in [5.41, 5.74) is 1.92. The summed E-state index contributed by atoms with van der Waals surface area (Å²) in [4.78, 5) is 42.4. The number of H-pyrrole nitrogens is 1. The third kappa shape index (κ3) is 5.44. The minimum atomic E-state index is -0.478. The van der Waals surface area contributed by atoms with E-state index in [0.717, 1.165) is 12.8 Å². The standard InChI is InChI=1S/C21H32N2O5/c1-6-27-21(26)20-14(4)19(15(5)22-20)17(24)12-23(18(25)10-13(2)3)11-16-8-7-9-28-16/h13,16,22H,6-12H2,1-5H3. The van der Waals surface area contributed by atoms with Crippen molar-refractivity contribution in [3.63, 3.8) is 0 Å². The van der Waals surface area contributed by atoms with Gasteiger partial charge in [-0.2, -0.15) is 0 Å². The van der Waals surface area contributed by atoms with Gasteiger partial charge in [-0.05, 0) is 45.1 Å². The van der Waals surface area contributed by atoms with E-state index in [0.29, 0.717) is 42.1 Å². The summed E-state index contributed by atoms with van der Waals surface area (Å²) < 4.78 is 10.7. The molecule has 2 heterocycles. The van der Waals surface area contributed by atoms with Crippen molar-refractivity contribution in [1.82, 2.24) is 9.88 Å². The molecule has 1 N–H and O–H groups in total. The van der Waals surface area contributed by atoms with Crippen LogP contribution in [0, 0.1) is 19.8 Å². The number of carbonyl (C=O) groups is 3. The lowest BCUT2D eigenvalue weighted by Gasteiger charge is -2.26. The number of ketones is 1. The largest absolute Gasteiger partial charge is 0.461 e. The third-order valence-corrected chi connectivity index (χ3v) is 4.91. The maximum Gasteiger partial charge on any atom is 0.355 e. The first-order valence-corrected chi connectivity index (χ1v) is 10.0. The Balaban J connectivity index is 2.20. The number of carbonyl (C=O) groups excluding carboxylic acids is 3. The van der Waals surface area contributed by atoms with Gasteiger partial charge in [-0.3, -0.25) is 9.59 Å². The highest BCUT2D eigenvalue weighted by Gasteiger charge is 2.28. The normalized spacial score (nSPS) is 16.4. The Hall–Kier alpha value is -2.15. The van der Waals surface area contributed by atoms with Crippen LogP contribution in [0.2, 0.25) is 0 Å². The van der Waals surface area contributed by atoms with Crippen LogP contribution < -0.4 is 0 Å². The highest BCUT2D eigenvalue weighted by Crippen LogP contribution is 2.21. The topological polar surface area (TPSA) is 88.7 Å². The Morgan fingerprint density at radius 1 is 1.29 bits per heavy atom. The van der Waals surface area contributed by atoms with Gasteiger partial charge in [0.05, 0.1) is 19.3 Å². The van der Waals surface area contributed by atoms with Crippen LogP contribution in [0.1, 0.15) is 72.1 Å². The van der Waals surface area contributed by atoms with Gasteiger partial charge in [0.25, 0.3) is 0 Å². The molecular formula is C21H32N2O5. The van der Waals surface area contributed by atoms with Gasteiger partial charge in [0.1, 0.15) is 5.69 Å². The zero-order valence-electron chi connectivity index (χ0n) is 17.6. The van der Waals surface area contributed by atoms with Gasteiger partial charge in [0, 0.05) is 30.8 Å². The minimum absolute atomic E-state index is 0.0206. The summed E-state index contributed by atoms with van der Waals surface area (Å²) in [7, 11) is 0. The number of hydrogen-bond acceptors (Lipinski definition) is 5. The van der Waals surface area contributed by atoms with E-state index < -0.39 is 5.97 Å². The van der Waals surface area contributed by atoms with E-state index in [1.165, 1.54) is 0 Å². The quantitative estimate of drug-likeness (QED) is 0.515. The molecule has 1 fully saturated rings. The first-order valence-electron chi connectivity index (χ1n) is 10.0. The smallest absolute Gasteiger partial charge is 0.355 e. The molecule has 1 saturated heterocycles. The van der Waals surface area contributed by atoms with Crippen molar-refractivity contribution in [1.29, 1.82) is 0 Å². The summed E-state index contributed by atoms with van der Waals surface area (Å²) >= 11 is 0. The summed E-state index contributed by atoms with van der Waals surface area (Å²) in [5.74, 6) is -0.498. The number of ether oxygens (including phenoxy) is 2. The van der Waals surface area contributed by atoms with Gasteiger partial charge in [0.2, 0.25) is 5.91 Å². The van der Waals surface area contributed by atoms with Gasteiger partial charge in [-0.15, -0.1) is 0 Å². The van der Waals surface area contributed by atoms with Gasteiger partial charge in [0.15, 0.2) is 5.78 Å². The second-order valence-electron chi connectivity index (χ2n) is 7.78. The van der Waals surface area contributed by atoms with Crippen LogP contribution >= 0.6 is 0 Å². The molecule has 0 radical (unpaired) electrons. The number of aryl methyl sites for hydroxylation is 1. The first-order chi connectivity index (χ1) is 13.2. The summed E-state index contributed by atoms with van der Waals surface area (Å²) in [6, 6.07) is 0. The molecule has 0 saturated carbocycles. The van der Waals surface area contributed by atoms with Crippen LogP contribution in [0.4, 0.5) is 0 Å². The van der Waals surface area contributed by atoms with E-state index in [9.17, 15) is 14.4 Å². The number of amides is 1. The first kappa shape index (κ1) is 22.1. The molecule has 1 aromatic rings. The minimum Gasteiger partial charge on any atom is -0.461 e. The lowest BCUT2D eigenvalue weighted by molar-refractivity contribution is -0.133. The second kappa shape index (κ2) is 9.87. The zero-order valence-corrected chi connectivity index (χ0v) is 17.6. The summed E-state index contributed by atoms with van der Waals surface area (Å²) in [6.07, 6.45) is 2.24. The fourth-order valence-corrected chi connectivity index (χ4v) is 3.60. The van der Waals surface area contributed by atoms with Crippen molar-refractivity contribution >= 4 is 17.7 Å². The van der Waals surface area contributed by atoms with Crippen LogP contribution in [0.3, 0.4) is 0 Å². The molecule has 1 unspecified atom stereocenters. The molecule has 28 heavy (non-hydrogen) atoms. The highest BCUT2D eigenvalue weighted by atomic mass is 16.5. The Labute approximate surface area is 166 Å². The molecule has 0 spiro atoms. The molecule has 1 atom stereocenters. The summed E-state index contributed by atoms with van der Waals surface area (Å²) in [6.45, 7) is 10.5. The lowest BCUT2D eigenvalue weighted by atomic mass is 10.0. The van der Waals surface area contributed by atoms with Gasteiger partial charge >= 0.3 is 5.97 Å². The second-order valence-corrected chi connectivity index (χ2v) is 7.78. The van der Waals surface area contributed by atoms with Crippen molar-refractivity contribution in [3.05, 3.63) is 22.5 Å². The van der Waals surface area contributed by atoms with E-state index in [4.69, 9.17) is 9.47 Å². The molecule has 1 amide bonds. The Bertz CT molecular complexity index is 717. The number of nitrogens with one attached hydrogen (secondary N) is 1. The van der Waals surface area contributed by atoms with E-state index in [1.54, 1.807) is 25.7 Å². The Kier molecular flexibility index (Phi) is 7.80. The molecule has 0 bridgehead atoms. The van der Waals surface area contributed by atoms with E-state index in [2.05, 4.69) is 4.98 Å². The van der Waals surface area contributed by atoms with Crippen LogP contribution in [0.5, 0.6) is 0 Å². The molecule has 1 aromatic heterocycles. The van der Waals surface area contributed by atoms with E-state index in [-0.39, 0.29) is 36.9 Å². The Morgan fingerprint density at radius 2 is 2.00 bits per heavy atom. The molecule has 0 aliphatic carbocycles. The molecule has 0 aromatic carbocycles. The number of rotatable bonds is 9. The van der Waals surface area contributed by atoms with Crippen molar-refractivity contribution < 1.29 is 23.9 Å². The van der Waals surface area contributed by atoms with E-state index >= 15 is 0 Å². The molecular weight excluding hydrogens is 360 g/mol. The monoisotopic (exact) mass is 392 g/mol. The van der Waals surface area contributed by atoms with Gasteiger partial charge in [-0.25, -0.2) is 4.79 Å². The molecule has 156 valence electrons. The van der Waals surface area contributed by atoms with Gasteiger partial charge < -0.3 is 19.4 Å². The number of nitrogens with zero attached hydrogens (tertiary/aromatic N) is 1. The van der Waals surface area contributed by atoms with Gasteiger partial charge in [-0.1, -0.05) is 13.8 Å². The number of aromatic nitrogens is 1. The van der Waals surface area contributed by atoms with Crippen molar-refractivity contribution in [2.75, 3.05) is 26.3 Å². The lowest BCUT2D eigenvalue weighted by Crippen LogP contribution is -2.41. The average molecular weight is 392 g/mol. The maximum absolute atomic E-state index is 13.0. The number of hydrogen-bond donors (Lipinski definition) is 1. The van der Waals surface area contributed by atoms with Crippen LogP contribution in [-0.4, -0.2) is 60.0 Å². The SMILES string of the molecule is CCOC(=O)c1[nH]c(C)c(C(=O)CN(CC2CCCO2)C(=O)CC(C)C)c1C. The van der Waals surface area contributed by atoms with E-state index in [1.807, 2.05) is 13.8 Å². The zero-order chi connectivity index (χ0) is 20.8. The van der Waals surface area contributed by atoms with Crippen molar-refractivity contribution in [2.24, 2.45) is 5.92 Å².